The number of carbonyl (C=O) groups excluding carboxylic acids is 1. The SMILES string of the molecule is Cn1cnc(CCC(=O)ONS)c1. The maximum atomic E-state index is 10.9. The van der Waals surface area contributed by atoms with Crippen LogP contribution in [0, 0.1) is 0 Å². The molecule has 1 aromatic rings. The van der Waals surface area contributed by atoms with E-state index in [1.54, 1.807) is 6.33 Å². The largest absolute Gasteiger partial charge is 0.360 e. The van der Waals surface area contributed by atoms with Crippen LogP contribution in [0.4, 0.5) is 0 Å². The molecule has 0 aliphatic rings. The van der Waals surface area contributed by atoms with Gasteiger partial charge in [0.15, 0.2) is 0 Å². The van der Waals surface area contributed by atoms with Crippen molar-refractivity contribution in [3.63, 3.8) is 0 Å². The van der Waals surface area contributed by atoms with Crippen LogP contribution in [-0.2, 0) is 23.1 Å². The second-order valence-corrected chi connectivity index (χ2v) is 2.78. The molecule has 0 spiro atoms. The molecular weight excluding hydrogens is 190 g/mol. The Morgan fingerprint density at radius 1 is 1.85 bits per heavy atom. The quantitative estimate of drug-likeness (QED) is 0.541. The van der Waals surface area contributed by atoms with Gasteiger partial charge in [0, 0.05) is 19.7 Å². The van der Waals surface area contributed by atoms with E-state index in [0.29, 0.717) is 12.8 Å². The Labute approximate surface area is 81.6 Å². The molecule has 0 saturated carbocycles. The summed E-state index contributed by atoms with van der Waals surface area (Å²) in [5, 5.41) is 0. The number of aromatic nitrogens is 2. The van der Waals surface area contributed by atoms with Crippen molar-refractivity contribution in [2.75, 3.05) is 0 Å². The first-order chi connectivity index (χ1) is 6.22. The first kappa shape index (κ1) is 10.1. The minimum absolute atomic E-state index is 0.296. The maximum absolute atomic E-state index is 10.9. The molecule has 1 aromatic heterocycles. The Bertz CT molecular complexity index is 287. The predicted octanol–water partition coefficient (Wildman–Crippen LogP) is 0.245. The van der Waals surface area contributed by atoms with E-state index < -0.39 is 0 Å². The smallest absolute Gasteiger partial charge is 0.326 e. The average molecular weight is 201 g/mol. The Balaban J connectivity index is 2.30. The van der Waals surface area contributed by atoms with Crippen molar-refractivity contribution in [3.8, 4) is 0 Å². The third-order valence-corrected chi connectivity index (χ3v) is 1.59. The van der Waals surface area contributed by atoms with Gasteiger partial charge in [0.25, 0.3) is 0 Å². The molecule has 0 radical (unpaired) electrons. The van der Waals surface area contributed by atoms with E-state index in [1.807, 2.05) is 22.7 Å². The van der Waals surface area contributed by atoms with Crippen LogP contribution in [0.25, 0.3) is 0 Å². The third-order valence-electron chi connectivity index (χ3n) is 1.50. The molecule has 1 N–H and O–H groups in total. The second kappa shape index (κ2) is 4.88. The van der Waals surface area contributed by atoms with E-state index in [0.717, 1.165) is 5.69 Å². The number of hydrogen-bond acceptors (Lipinski definition) is 5. The summed E-state index contributed by atoms with van der Waals surface area (Å²) in [6.45, 7) is 0. The maximum Gasteiger partial charge on any atom is 0.326 e. The number of nitrogens with one attached hydrogen (secondary N) is 1. The highest BCUT2D eigenvalue weighted by molar-refractivity contribution is 7.77. The highest BCUT2D eigenvalue weighted by Gasteiger charge is 2.04. The van der Waals surface area contributed by atoms with Gasteiger partial charge in [-0.15, -0.1) is 0 Å². The van der Waals surface area contributed by atoms with Crippen molar-refractivity contribution in [1.82, 2.24) is 14.4 Å². The summed E-state index contributed by atoms with van der Waals surface area (Å²) in [5.74, 6) is -0.347. The zero-order chi connectivity index (χ0) is 9.68. The van der Waals surface area contributed by atoms with Gasteiger partial charge in [-0.05, 0) is 0 Å². The van der Waals surface area contributed by atoms with E-state index in [2.05, 4.69) is 22.6 Å². The molecular formula is C7H11N3O2S. The van der Waals surface area contributed by atoms with Gasteiger partial charge in [-0.2, -0.15) is 0 Å². The molecule has 0 aliphatic carbocycles. The molecule has 0 fully saturated rings. The number of thiol groups is 1. The van der Waals surface area contributed by atoms with Gasteiger partial charge in [0.1, 0.15) is 0 Å². The summed E-state index contributed by atoms with van der Waals surface area (Å²) in [4.78, 5) is 21.4. The fourth-order valence-corrected chi connectivity index (χ4v) is 1.03. The molecule has 0 saturated heterocycles. The van der Waals surface area contributed by atoms with E-state index in [9.17, 15) is 4.79 Å². The number of nitrogens with zero attached hydrogens (tertiary/aromatic N) is 2. The minimum Gasteiger partial charge on any atom is -0.360 e. The fraction of sp³-hybridized carbons (Fsp3) is 0.429. The first-order valence-corrected chi connectivity index (χ1v) is 4.22. The summed E-state index contributed by atoms with van der Waals surface area (Å²) in [6.07, 6.45) is 4.43. The molecule has 0 unspecified atom stereocenters. The average Bonchev–Trinajstić information content (AvgIpc) is 2.49. The van der Waals surface area contributed by atoms with E-state index in [-0.39, 0.29) is 5.97 Å². The lowest BCUT2D eigenvalue weighted by molar-refractivity contribution is -0.146. The van der Waals surface area contributed by atoms with Gasteiger partial charge in [-0.25, -0.2) is 4.98 Å². The molecule has 5 nitrogen and oxygen atoms in total. The Hall–Kier alpha value is -1.01. The molecule has 1 rings (SSSR count). The highest BCUT2D eigenvalue weighted by Crippen LogP contribution is 1.99. The van der Waals surface area contributed by atoms with Crippen LogP contribution in [0.1, 0.15) is 12.1 Å². The third kappa shape index (κ3) is 3.47. The topological polar surface area (TPSA) is 56.2 Å². The number of aryl methyl sites for hydroxylation is 2. The van der Waals surface area contributed by atoms with Crippen LogP contribution in [0.3, 0.4) is 0 Å². The lowest BCUT2D eigenvalue weighted by Gasteiger charge is -1.98. The van der Waals surface area contributed by atoms with Crippen molar-refractivity contribution in [1.29, 1.82) is 0 Å². The highest BCUT2D eigenvalue weighted by atomic mass is 32.1. The van der Waals surface area contributed by atoms with Crippen molar-refractivity contribution >= 4 is 18.8 Å². The molecule has 6 heteroatoms. The summed E-state index contributed by atoms with van der Waals surface area (Å²) >= 11 is 3.53. The summed E-state index contributed by atoms with van der Waals surface area (Å²) in [7, 11) is 1.88. The van der Waals surface area contributed by atoms with Gasteiger partial charge in [-0.3, -0.25) is 4.79 Å². The van der Waals surface area contributed by atoms with Crippen molar-refractivity contribution in [2.45, 2.75) is 12.8 Å². The van der Waals surface area contributed by atoms with E-state index in [4.69, 9.17) is 0 Å². The molecule has 1 heterocycles. The number of hydrogen-bond donors (Lipinski definition) is 2. The Morgan fingerprint density at radius 3 is 3.15 bits per heavy atom. The molecule has 0 bridgehead atoms. The van der Waals surface area contributed by atoms with Crippen LogP contribution in [0.5, 0.6) is 0 Å². The van der Waals surface area contributed by atoms with Crippen molar-refractivity contribution in [2.24, 2.45) is 7.05 Å². The van der Waals surface area contributed by atoms with Crippen molar-refractivity contribution < 1.29 is 9.63 Å². The molecule has 0 aliphatic heterocycles. The molecule has 72 valence electrons. The van der Waals surface area contributed by atoms with Crippen LogP contribution in [0.2, 0.25) is 0 Å². The fourth-order valence-electron chi connectivity index (χ4n) is 0.928. The van der Waals surface area contributed by atoms with Gasteiger partial charge < -0.3 is 9.40 Å². The van der Waals surface area contributed by atoms with Crippen molar-refractivity contribution in [3.05, 3.63) is 18.2 Å². The summed E-state index contributed by atoms with van der Waals surface area (Å²) in [6, 6.07) is 0. The lowest BCUT2D eigenvalue weighted by Crippen LogP contribution is -2.11. The van der Waals surface area contributed by atoms with Gasteiger partial charge in [-0.1, -0.05) is 17.7 Å². The standard InChI is InChI=1S/C7H11N3O2S/c1-10-4-6(8-5-10)2-3-7(11)12-9-13/h4-5,9,13H,2-3H2,1H3. The zero-order valence-corrected chi connectivity index (χ0v) is 8.12. The predicted molar refractivity (Wildman–Crippen MR) is 49.7 cm³/mol. The Morgan fingerprint density at radius 2 is 2.62 bits per heavy atom. The van der Waals surface area contributed by atoms with Gasteiger partial charge in [0.2, 0.25) is 0 Å². The number of rotatable bonds is 4. The van der Waals surface area contributed by atoms with Crippen LogP contribution in [0.15, 0.2) is 12.5 Å². The van der Waals surface area contributed by atoms with Crippen LogP contribution >= 0.6 is 12.8 Å². The zero-order valence-electron chi connectivity index (χ0n) is 7.23. The molecule has 0 atom stereocenters. The number of imidazole rings is 1. The minimum atomic E-state index is -0.347. The summed E-state index contributed by atoms with van der Waals surface area (Å²) in [5.41, 5.74) is 0.874. The first-order valence-electron chi connectivity index (χ1n) is 3.78. The normalized spacial score (nSPS) is 10.0. The lowest BCUT2D eigenvalue weighted by atomic mass is 10.2. The number of carbonyl (C=O) groups is 1. The van der Waals surface area contributed by atoms with E-state index in [1.165, 1.54) is 0 Å². The molecule has 0 amide bonds. The molecule has 13 heavy (non-hydrogen) atoms. The Kier molecular flexibility index (Phi) is 3.78. The van der Waals surface area contributed by atoms with Gasteiger partial charge >= 0.3 is 5.97 Å². The van der Waals surface area contributed by atoms with E-state index >= 15 is 0 Å². The van der Waals surface area contributed by atoms with Crippen LogP contribution < -0.4 is 4.89 Å². The van der Waals surface area contributed by atoms with Gasteiger partial charge in [0.05, 0.1) is 18.4 Å². The van der Waals surface area contributed by atoms with Crippen LogP contribution in [-0.4, -0.2) is 15.5 Å². The second-order valence-electron chi connectivity index (χ2n) is 2.60. The molecule has 0 aromatic carbocycles. The monoisotopic (exact) mass is 201 g/mol. The summed E-state index contributed by atoms with van der Waals surface area (Å²) < 4.78 is 1.83.